The number of hydrogen-bond acceptors (Lipinski definition) is 0. The topological polar surface area (TPSA) is 0 Å². The fourth-order valence-electron chi connectivity index (χ4n) is 3.65. The van der Waals surface area contributed by atoms with E-state index in [-0.39, 0.29) is 0 Å². The van der Waals surface area contributed by atoms with Gasteiger partial charge < -0.3 is 0 Å². The quantitative estimate of drug-likeness (QED) is 0.430. The minimum Gasteiger partial charge on any atom is -0.0912 e. The molecule has 0 fully saturated rings. The molecule has 0 amide bonds. The van der Waals surface area contributed by atoms with Gasteiger partial charge >= 0.3 is 0 Å². The molecule has 0 saturated heterocycles. The second kappa shape index (κ2) is 10.1. The molecule has 146 valence electrons. The van der Waals surface area contributed by atoms with Crippen molar-refractivity contribution in [3.05, 3.63) is 106 Å². The minimum atomic E-state index is 0.940. The maximum Gasteiger partial charge on any atom is -0.00201 e. The Hall–Kier alpha value is -2.60. The number of rotatable bonds is 7. The van der Waals surface area contributed by atoms with Crippen molar-refractivity contribution in [2.45, 2.75) is 54.4 Å². The van der Waals surface area contributed by atoms with Crippen LogP contribution in [0.25, 0.3) is 11.1 Å². The van der Waals surface area contributed by atoms with Crippen LogP contribution in [0, 0.1) is 13.8 Å². The molecule has 0 aliphatic rings. The van der Waals surface area contributed by atoms with Crippen molar-refractivity contribution in [2.75, 3.05) is 0 Å². The van der Waals surface area contributed by atoms with Crippen molar-refractivity contribution in [2.24, 2.45) is 0 Å². The normalized spacial score (nSPS) is 11.4. The van der Waals surface area contributed by atoms with Gasteiger partial charge in [0.05, 0.1) is 0 Å². The maximum absolute atomic E-state index is 4.23. The Balaban J connectivity index is 2.47. The number of hydrogen-bond donors (Lipinski definition) is 0. The molecule has 28 heavy (non-hydrogen) atoms. The Morgan fingerprint density at radius 3 is 2.00 bits per heavy atom. The largest absolute Gasteiger partial charge is 0.0912 e. The van der Waals surface area contributed by atoms with E-state index >= 15 is 0 Å². The Morgan fingerprint density at radius 1 is 0.893 bits per heavy atom. The molecule has 0 saturated carbocycles. The molecule has 0 nitrogen and oxygen atoms in total. The molecule has 2 rings (SSSR count). The van der Waals surface area contributed by atoms with Gasteiger partial charge in [-0.05, 0) is 92.0 Å². The van der Waals surface area contributed by atoms with Gasteiger partial charge in [-0.25, -0.2) is 0 Å². The van der Waals surface area contributed by atoms with Crippen LogP contribution in [0.4, 0.5) is 0 Å². The predicted molar refractivity (Wildman–Crippen MR) is 127 cm³/mol. The lowest BCUT2D eigenvalue weighted by Crippen LogP contribution is -2.00. The summed E-state index contributed by atoms with van der Waals surface area (Å²) in [5, 5.41) is 0. The zero-order valence-electron chi connectivity index (χ0n) is 18.4. The van der Waals surface area contributed by atoms with Crippen molar-refractivity contribution >= 4 is 11.1 Å². The summed E-state index contributed by atoms with van der Waals surface area (Å²) in [5.74, 6) is 0. The second-order valence-corrected chi connectivity index (χ2v) is 7.61. The Bertz CT molecular complexity index is 929. The summed E-state index contributed by atoms with van der Waals surface area (Å²) in [6.07, 6.45) is 10.6. The molecule has 0 heterocycles. The van der Waals surface area contributed by atoms with Crippen molar-refractivity contribution in [3.8, 4) is 0 Å². The Morgan fingerprint density at radius 2 is 1.46 bits per heavy atom. The first-order chi connectivity index (χ1) is 13.4. The smallest absolute Gasteiger partial charge is 0.00201 e. The molecule has 2 aromatic carbocycles. The monoisotopic (exact) mass is 370 g/mol. The highest BCUT2D eigenvalue weighted by Crippen LogP contribution is 2.29. The molecular formula is C28H34. The first-order valence-electron chi connectivity index (χ1n) is 10.2. The van der Waals surface area contributed by atoms with Gasteiger partial charge in [-0.1, -0.05) is 79.8 Å². The Kier molecular flexibility index (Phi) is 7.81. The lowest BCUT2D eigenvalue weighted by molar-refractivity contribution is 1.12. The zero-order chi connectivity index (χ0) is 20.7. The molecule has 0 N–H and O–H groups in total. The Labute approximate surface area is 172 Å². The highest BCUT2D eigenvalue weighted by Gasteiger charge is 2.11. The molecule has 0 radical (unpaired) electrons. The van der Waals surface area contributed by atoms with Crippen LogP contribution >= 0.6 is 0 Å². The molecule has 0 aliphatic heterocycles. The highest BCUT2D eigenvalue weighted by molar-refractivity contribution is 5.79. The van der Waals surface area contributed by atoms with Crippen molar-refractivity contribution in [3.63, 3.8) is 0 Å². The van der Waals surface area contributed by atoms with E-state index in [0.717, 1.165) is 18.4 Å². The van der Waals surface area contributed by atoms with Gasteiger partial charge in [0.1, 0.15) is 0 Å². The van der Waals surface area contributed by atoms with Gasteiger partial charge in [-0.3, -0.25) is 0 Å². The minimum absolute atomic E-state index is 0.940. The van der Waals surface area contributed by atoms with Gasteiger partial charge in [-0.2, -0.15) is 0 Å². The second-order valence-electron chi connectivity index (χ2n) is 7.61. The SMILES string of the molecule is C=C(/C=C\C)c1cccc(Cc2cccc(C(/C=C\CC)=C(C)C)c2C)c1C. The van der Waals surface area contributed by atoms with E-state index in [1.807, 2.05) is 13.0 Å². The van der Waals surface area contributed by atoms with Crippen molar-refractivity contribution in [1.82, 2.24) is 0 Å². The van der Waals surface area contributed by atoms with Crippen LogP contribution in [0.2, 0.25) is 0 Å². The zero-order valence-corrected chi connectivity index (χ0v) is 18.4. The predicted octanol–water partition coefficient (Wildman–Crippen LogP) is 8.24. The number of benzene rings is 2. The molecule has 2 aromatic rings. The fourth-order valence-corrected chi connectivity index (χ4v) is 3.65. The average molecular weight is 371 g/mol. The summed E-state index contributed by atoms with van der Waals surface area (Å²) in [6, 6.07) is 13.3. The molecular weight excluding hydrogens is 336 g/mol. The van der Waals surface area contributed by atoms with Crippen LogP contribution < -0.4 is 0 Å². The van der Waals surface area contributed by atoms with Gasteiger partial charge in [0.25, 0.3) is 0 Å². The third-order valence-electron chi connectivity index (χ3n) is 5.34. The molecule has 0 atom stereocenters. The summed E-state index contributed by atoms with van der Waals surface area (Å²) in [7, 11) is 0. The lowest BCUT2D eigenvalue weighted by atomic mass is 9.88. The fraction of sp³-hybridized carbons (Fsp3) is 0.286. The van der Waals surface area contributed by atoms with E-state index < -0.39 is 0 Å². The standard InChI is InChI=1S/C28H34/c1-8-10-16-26(20(3)4)28-18-12-15-25(23(28)7)19-24-14-11-17-27(22(24)6)21(5)13-9-2/h9-18H,5,8,19H2,1-4,6-7H3/b13-9-,16-10-. The van der Waals surface area contributed by atoms with Gasteiger partial charge in [-0.15, -0.1) is 0 Å². The van der Waals surface area contributed by atoms with E-state index in [2.05, 4.69) is 95.8 Å². The van der Waals surface area contributed by atoms with E-state index in [9.17, 15) is 0 Å². The van der Waals surface area contributed by atoms with E-state index in [1.165, 1.54) is 44.5 Å². The van der Waals surface area contributed by atoms with Gasteiger partial charge in [0.15, 0.2) is 0 Å². The summed E-state index contributed by atoms with van der Waals surface area (Å²) >= 11 is 0. The molecule has 0 aliphatic carbocycles. The van der Waals surface area contributed by atoms with Crippen molar-refractivity contribution in [1.29, 1.82) is 0 Å². The first kappa shape index (κ1) is 21.7. The average Bonchev–Trinajstić information content (AvgIpc) is 2.66. The molecule has 0 bridgehead atoms. The van der Waals surface area contributed by atoms with Crippen LogP contribution in [0.3, 0.4) is 0 Å². The number of allylic oxidation sites excluding steroid dienone is 7. The van der Waals surface area contributed by atoms with E-state index in [4.69, 9.17) is 0 Å². The van der Waals surface area contributed by atoms with Gasteiger partial charge in [0, 0.05) is 0 Å². The third-order valence-corrected chi connectivity index (χ3v) is 5.34. The van der Waals surface area contributed by atoms with Crippen LogP contribution in [0.1, 0.15) is 67.5 Å². The summed E-state index contributed by atoms with van der Waals surface area (Å²) in [6.45, 7) is 17.3. The lowest BCUT2D eigenvalue weighted by Gasteiger charge is -2.16. The molecule has 0 aromatic heterocycles. The maximum atomic E-state index is 4.23. The van der Waals surface area contributed by atoms with Crippen LogP contribution in [-0.2, 0) is 6.42 Å². The molecule has 0 unspecified atom stereocenters. The van der Waals surface area contributed by atoms with Crippen LogP contribution in [0.5, 0.6) is 0 Å². The molecule has 0 spiro atoms. The van der Waals surface area contributed by atoms with Crippen LogP contribution in [0.15, 0.2) is 72.9 Å². The molecule has 0 heteroatoms. The van der Waals surface area contributed by atoms with Gasteiger partial charge in [0.2, 0.25) is 0 Å². The summed E-state index contributed by atoms with van der Waals surface area (Å²) in [5.41, 5.74) is 11.8. The van der Waals surface area contributed by atoms with E-state index in [0.29, 0.717) is 0 Å². The summed E-state index contributed by atoms with van der Waals surface area (Å²) in [4.78, 5) is 0. The first-order valence-corrected chi connectivity index (χ1v) is 10.2. The van der Waals surface area contributed by atoms with E-state index in [1.54, 1.807) is 0 Å². The highest BCUT2D eigenvalue weighted by atomic mass is 14.2. The van der Waals surface area contributed by atoms with Crippen molar-refractivity contribution < 1.29 is 0 Å². The third kappa shape index (κ3) is 5.01. The van der Waals surface area contributed by atoms with Crippen LogP contribution in [-0.4, -0.2) is 0 Å². The summed E-state index contributed by atoms with van der Waals surface area (Å²) < 4.78 is 0.